The van der Waals surface area contributed by atoms with E-state index < -0.39 is 18.0 Å². The van der Waals surface area contributed by atoms with Gasteiger partial charge in [0, 0.05) is 13.6 Å². The number of amides is 2. The van der Waals surface area contributed by atoms with E-state index in [2.05, 4.69) is 5.32 Å². The summed E-state index contributed by atoms with van der Waals surface area (Å²) < 4.78 is 0. The Morgan fingerprint density at radius 2 is 2.00 bits per heavy atom. The van der Waals surface area contributed by atoms with Crippen LogP contribution in [0.2, 0.25) is 0 Å². The van der Waals surface area contributed by atoms with E-state index in [0.29, 0.717) is 6.54 Å². The fraction of sp³-hybridized carbons (Fsp3) is 0.385. The molecule has 0 aliphatic heterocycles. The number of nitrogens with one attached hydrogen (secondary N) is 1. The Hall–Kier alpha value is -2.04. The molecule has 98 valence electrons. The summed E-state index contributed by atoms with van der Waals surface area (Å²) in [6, 6.07) is 6.48. The van der Waals surface area contributed by atoms with Crippen molar-refractivity contribution >= 4 is 12.0 Å². The molecule has 5 heteroatoms. The van der Waals surface area contributed by atoms with Crippen molar-refractivity contribution in [2.75, 3.05) is 7.05 Å². The average molecular weight is 250 g/mol. The van der Waals surface area contributed by atoms with Crippen molar-refractivity contribution in [1.82, 2.24) is 10.2 Å². The van der Waals surface area contributed by atoms with Crippen LogP contribution in [0.3, 0.4) is 0 Å². The Kier molecular flexibility index (Phi) is 4.71. The molecule has 1 rings (SSSR count). The molecule has 0 aliphatic rings. The smallest absolute Gasteiger partial charge is 0.326 e. The molecule has 0 heterocycles. The molecule has 0 spiro atoms. The van der Waals surface area contributed by atoms with Crippen LogP contribution in [-0.2, 0) is 11.3 Å². The number of aryl methyl sites for hydroxylation is 1. The Labute approximate surface area is 106 Å². The molecule has 2 N–H and O–H groups in total. The van der Waals surface area contributed by atoms with Crippen molar-refractivity contribution in [3.05, 3.63) is 35.4 Å². The van der Waals surface area contributed by atoms with E-state index in [0.717, 1.165) is 11.1 Å². The number of carbonyl (C=O) groups excluding carboxylic acids is 1. The monoisotopic (exact) mass is 250 g/mol. The summed E-state index contributed by atoms with van der Waals surface area (Å²) >= 11 is 0. The van der Waals surface area contributed by atoms with Crippen molar-refractivity contribution in [3.8, 4) is 0 Å². The highest BCUT2D eigenvalue weighted by Crippen LogP contribution is 2.06. The van der Waals surface area contributed by atoms with Gasteiger partial charge in [-0.15, -0.1) is 0 Å². The summed E-state index contributed by atoms with van der Waals surface area (Å²) in [6.45, 7) is 3.82. The van der Waals surface area contributed by atoms with E-state index in [1.807, 2.05) is 31.2 Å². The lowest BCUT2D eigenvalue weighted by molar-refractivity contribution is -0.141. The highest BCUT2D eigenvalue weighted by molar-refractivity contribution is 5.82. The third-order valence-corrected chi connectivity index (χ3v) is 2.95. The third kappa shape index (κ3) is 3.48. The van der Waals surface area contributed by atoms with Crippen LogP contribution < -0.4 is 5.32 Å². The quantitative estimate of drug-likeness (QED) is 0.853. The van der Waals surface area contributed by atoms with Crippen LogP contribution >= 0.6 is 0 Å². The molecule has 0 aliphatic carbocycles. The third-order valence-electron chi connectivity index (χ3n) is 2.95. The summed E-state index contributed by atoms with van der Waals surface area (Å²) in [6.07, 6.45) is 0. The van der Waals surface area contributed by atoms with Gasteiger partial charge in [-0.2, -0.15) is 0 Å². The molecule has 1 aromatic carbocycles. The summed E-state index contributed by atoms with van der Waals surface area (Å²) in [5.74, 6) is -1.02. The zero-order chi connectivity index (χ0) is 13.7. The van der Waals surface area contributed by atoms with Crippen LogP contribution in [0, 0.1) is 6.92 Å². The maximum absolute atomic E-state index is 11.7. The number of carboxylic acids is 1. The lowest BCUT2D eigenvalue weighted by atomic mass is 10.1. The summed E-state index contributed by atoms with van der Waals surface area (Å²) in [4.78, 5) is 23.6. The fourth-order valence-corrected chi connectivity index (χ4v) is 1.45. The number of urea groups is 1. The molecule has 0 aromatic heterocycles. The number of aliphatic carboxylic acids is 1. The lowest BCUT2D eigenvalue weighted by Crippen LogP contribution is -2.45. The van der Waals surface area contributed by atoms with Crippen LogP contribution in [-0.4, -0.2) is 35.1 Å². The first-order valence-electron chi connectivity index (χ1n) is 5.71. The molecule has 1 atom stereocenters. The first kappa shape index (κ1) is 14.0. The highest BCUT2D eigenvalue weighted by atomic mass is 16.4. The number of hydrogen-bond acceptors (Lipinski definition) is 2. The molecule has 18 heavy (non-hydrogen) atoms. The average Bonchev–Trinajstić information content (AvgIpc) is 2.35. The van der Waals surface area contributed by atoms with Gasteiger partial charge in [-0.25, -0.2) is 9.59 Å². The van der Waals surface area contributed by atoms with Gasteiger partial charge >= 0.3 is 12.0 Å². The number of nitrogens with zero attached hydrogens (tertiary/aromatic N) is 1. The summed E-state index contributed by atoms with van der Waals surface area (Å²) in [5, 5.41) is 11.5. The molecular formula is C13H18N2O3. The van der Waals surface area contributed by atoms with Gasteiger partial charge in [0.25, 0.3) is 0 Å². The lowest BCUT2D eigenvalue weighted by Gasteiger charge is -2.22. The first-order valence-corrected chi connectivity index (χ1v) is 5.71. The highest BCUT2D eigenvalue weighted by Gasteiger charge is 2.21. The topological polar surface area (TPSA) is 69.6 Å². The van der Waals surface area contributed by atoms with Crippen molar-refractivity contribution in [1.29, 1.82) is 0 Å². The van der Waals surface area contributed by atoms with E-state index in [1.165, 1.54) is 18.9 Å². The zero-order valence-corrected chi connectivity index (χ0v) is 10.8. The van der Waals surface area contributed by atoms with Crippen molar-refractivity contribution < 1.29 is 14.7 Å². The van der Waals surface area contributed by atoms with Gasteiger partial charge in [0.05, 0.1) is 0 Å². The van der Waals surface area contributed by atoms with Crippen molar-refractivity contribution in [3.63, 3.8) is 0 Å². The molecule has 2 amide bonds. The number of likely N-dealkylation sites (N-methyl/N-ethyl adjacent to an activating group) is 1. The number of benzene rings is 1. The van der Waals surface area contributed by atoms with Gasteiger partial charge in [0.1, 0.15) is 6.04 Å². The minimum atomic E-state index is -1.02. The number of hydrogen-bond donors (Lipinski definition) is 2. The van der Waals surface area contributed by atoms with E-state index >= 15 is 0 Å². The second-order valence-electron chi connectivity index (χ2n) is 4.21. The van der Waals surface area contributed by atoms with Gasteiger partial charge in [0.15, 0.2) is 0 Å². The molecule has 0 saturated heterocycles. The number of rotatable bonds is 4. The Balaban J connectivity index is 2.56. The van der Waals surface area contributed by atoms with Crippen LogP contribution in [0.25, 0.3) is 0 Å². The second-order valence-corrected chi connectivity index (χ2v) is 4.21. The maximum Gasteiger partial charge on any atom is 0.326 e. The Bertz CT molecular complexity index is 446. The van der Waals surface area contributed by atoms with Crippen LogP contribution in [0.5, 0.6) is 0 Å². The SMILES string of the molecule is Cc1ccccc1CNC(=O)N(C)C(C)C(=O)O. The minimum absolute atomic E-state index is 0.391. The summed E-state index contributed by atoms with van der Waals surface area (Å²) in [5.41, 5.74) is 2.11. The van der Waals surface area contributed by atoms with Crippen molar-refractivity contribution in [2.24, 2.45) is 0 Å². The first-order chi connectivity index (χ1) is 8.43. The molecule has 1 unspecified atom stereocenters. The van der Waals surface area contributed by atoms with E-state index in [1.54, 1.807) is 0 Å². The predicted molar refractivity (Wildman–Crippen MR) is 68.3 cm³/mol. The zero-order valence-electron chi connectivity index (χ0n) is 10.8. The fourth-order valence-electron chi connectivity index (χ4n) is 1.45. The largest absolute Gasteiger partial charge is 0.480 e. The molecule has 0 fully saturated rings. The van der Waals surface area contributed by atoms with Crippen molar-refractivity contribution in [2.45, 2.75) is 26.4 Å². The number of carboxylic acid groups (broad SMARTS) is 1. The predicted octanol–water partition coefficient (Wildman–Crippen LogP) is 1.61. The Morgan fingerprint density at radius 3 is 2.56 bits per heavy atom. The molecule has 0 saturated carbocycles. The van der Waals surface area contributed by atoms with Gasteiger partial charge in [-0.3, -0.25) is 0 Å². The van der Waals surface area contributed by atoms with Crippen LogP contribution in [0.1, 0.15) is 18.1 Å². The maximum atomic E-state index is 11.7. The Morgan fingerprint density at radius 1 is 1.39 bits per heavy atom. The van der Waals surface area contributed by atoms with Crippen LogP contribution in [0.15, 0.2) is 24.3 Å². The molecule has 1 aromatic rings. The van der Waals surface area contributed by atoms with Gasteiger partial charge in [-0.1, -0.05) is 24.3 Å². The number of carbonyl (C=O) groups is 2. The molecule has 0 bridgehead atoms. The van der Waals surface area contributed by atoms with E-state index in [-0.39, 0.29) is 0 Å². The summed E-state index contributed by atoms with van der Waals surface area (Å²) in [7, 11) is 1.46. The molecule has 0 radical (unpaired) electrons. The van der Waals surface area contributed by atoms with Crippen LogP contribution in [0.4, 0.5) is 4.79 Å². The van der Waals surface area contributed by atoms with Gasteiger partial charge in [-0.05, 0) is 25.0 Å². The molecular weight excluding hydrogens is 232 g/mol. The minimum Gasteiger partial charge on any atom is -0.480 e. The normalized spacial score (nSPS) is 11.7. The second kappa shape index (κ2) is 6.05. The standard InChI is InChI=1S/C13H18N2O3/c1-9-6-4-5-7-11(9)8-14-13(18)15(3)10(2)12(16)17/h4-7,10H,8H2,1-3H3,(H,14,18)(H,16,17). The van der Waals surface area contributed by atoms with Gasteiger partial charge in [0.2, 0.25) is 0 Å². The van der Waals surface area contributed by atoms with E-state index in [9.17, 15) is 9.59 Å². The van der Waals surface area contributed by atoms with Gasteiger partial charge < -0.3 is 15.3 Å². The van der Waals surface area contributed by atoms with E-state index in [4.69, 9.17) is 5.11 Å². The molecule has 5 nitrogen and oxygen atoms in total.